The topological polar surface area (TPSA) is 71.7 Å². The summed E-state index contributed by atoms with van der Waals surface area (Å²) in [6.07, 6.45) is 2.84. The van der Waals surface area contributed by atoms with Crippen molar-refractivity contribution in [2.45, 2.75) is 20.3 Å². The van der Waals surface area contributed by atoms with E-state index in [1.165, 1.54) is 0 Å². The number of carbonyl (C=O) groups is 1. The molecule has 0 saturated heterocycles. The van der Waals surface area contributed by atoms with Gasteiger partial charge in [0.2, 0.25) is 0 Å². The molecule has 0 atom stereocenters. The van der Waals surface area contributed by atoms with Crippen LogP contribution < -0.4 is 9.34 Å². The maximum absolute atomic E-state index is 8.89. The van der Waals surface area contributed by atoms with Crippen molar-refractivity contribution in [2.24, 2.45) is 0 Å². The predicted octanol–water partition coefficient (Wildman–Crippen LogP) is -0.484. The summed E-state index contributed by atoms with van der Waals surface area (Å²) in [5, 5.41) is 8.89. The fraction of sp³-hybridized carbons (Fsp3) is 0.500. The zero-order valence-electron chi connectivity index (χ0n) is 12.0. The van der Waals surface area contributed by atoms with Gasteiger partial charge in [-0.1, -0.05) is 13.0 Å². The molecule has 1 rings (SSSR count). The highest BCUT2D eigenvalue weighted by Crippen LogP contribution is 2.04. The predicted molar refractivity (Wildman–Crippen MR) is 68.9 cm³/mol. The molecule has 6 nitrogen and oxygen atoms in total. The van der Waals surface area contributed by atoms with E-state index in [4.69, 9.17) is 23.2 Å². The maximum Gasteiger partial charge on any atom is 0.871 e. The van der Waals surface area contributed by atoms with E-state index in [-0.39, 0.29) is 0 Å². The van der Waals surface area contributed by atoms with Crippen LogP contribution in [0.1, 0.15) is 19.5 Å². The van der Waals surface area contributed by atoms with Crippen molar-refractivity contribution in [1.29, 1.82) is 0 Å². The van der Waals surface area contributed by atoms with Gasteiger partial charge in [0.05, 0.1) is 0 Å². The normalized spacial score (nSPS) is 10.6. The minimum Gasteiger partial charge on any atom is -0.550 e. The molecule has 0 unspecified atom stereocenters. The second-order valence-corrected chi connectivity index (χ2v) is 6.30. The zero-order chi connectivity index (χ0) is 14.9. The van der Waals surface area contributed by atoms with Gasteiger partial charge in [-0.2, -0.15) is 0 Å². The van der Waals surface area contributed by atoms with E-state index in [9.17, 15) is 0 Å². The van der Waals surface area contributed by atoms with E-state index in [1.807, 2.05) is 28.6 Å². The monoisotopic (exact) mass is 287 g/mol. The molecular formula is C12H21NO5Si. The summed E-state index contributed by atoms with van der Waals surface area (Å²) in [6.45, 7) is 3.06. The molecular weight excluding hydrogens is 266 g/mol. The largest absolute Gasteiger partial charge is 0.871 e. The van der Waals surface area contributed by atoms with Crippen LogP contribution in [0.4, 0.5) is 0 Å². The van der Waals surface area contributed by atoms with Gasteiger partial charge in [-0.3, -0.25) is 0 Å². The second-order valence-electron chi connectivity index (χ2n) is 3.54. The summed E-state index contributed by atoms with van der Waals surface area (Å²) < 4.78 is 18.2. The molecule has 0 aliphatic carbocycles. The first-order valence-electron chi connectivity index (χ1n) is 5.80. The van der Waals surface area contributed by atoms with Crippen LogP contribution in [-0.2, 0) is 24.5 Å². The molecule has 108 valence electrons. The Labute approximate surface area is 115 Å². The van der Waals surface area contributed by atoms with Crippen molar-refractivity contribution >= 4 is 14.9 Å². The number of aromatic nitrogens is 1. The highest BCUT2D eigenvalue weighted by atomic mass is 28.4. The Kier molecular flexibility index (Phi) is 8.16. The lowest BCUT2D eigenvalue weighted by Crippen LogP contribution is -2.70. The molecule has 1 aromatic rings. The molecule has 0 bridgehead atoms. The number of aryl methyl sites for hydroxylation is 1. The number of hydrogen-bond acceptors (Lipinski definition) is 5. The van der Waals surface area contributed by atoms with Crippen LogP contribution in [0.25, 0.3) is 0 Å². The zero-order valence-corrected chi connectivity index (χ0v) is 13.0. The van der Waals surface area contributed by atoms with Crippen molar-refractivity contribution in [3.63, 3.8) is 0 Å². The molecule has 0 saturated carbocycles. The molecule has 7 heteroatoms. The average Bonchev–Trinajstić information content (AvgIpc) is 2.41. The minimum absolute atomic E-state index is 0.908. The molecule has 0 N–H and O–H groups in total. The van der Waals surface area contributed by atoms with Gasteiger partial charge in [0, 0.05) is 45.9 Å². The first-order valence-corrected chi connectivity index (χ1v) is 7.47. The van der Waals surface area contributed by atoms with Crippen molar-refractivity contribution in [3.8, 4) is 0 Å². The van der Waals surface area contributed by atoms with Gasteiger partial charge < -0.3 is 23.2 Å². The first kappa shape index (κ1) is 17.7. The van der Waals surface area contributed by atoms with E-state index in [1.54, 1.807) is 21.3 Å². The summed E-state index contributed by atoms with van der Waals surface area (Å²) in [4.78, 5) is 8.89. The van der Waals surface area contributed by atoms with Gasteiger partial charge >= 0.3 is 8.97 Å². The van der Waals surface area contributed by atoms with Crippen molar-refractivity contribution in [2.75, 3.05) is 21.3 Å². The molecule has 0 amide bonds. The number of aliphatic carboxylic acids is 1. The summed E-state index contributed by atoms with van der Waals surface area (Å²) in [5.74, 6) is -1.08. The molecule has 0 aliphatic heterocycles. The number of hydrogen-bond donors (Lipinski definition) is 0. The third kappa shape index (κ3) is 5.07. The molecule has 0 aliphatic rings. The van der Waals surface area contributed by atoms with E-state index in [2.05, 4.69) is 6.92 Å². The Bertz CT molecular complexity index is 383. The first-order chi connectivity index (χ1) is 8.97. The number of pyridine rings is 1. The van der Waals surface area contributed by atoms with E-state index < -0.39 is 14.9 Å². The lowest BCUT2D eigenvalue weighted by molar-refractivity contribution is -0.601. The lowest BCUT2D eigenvalue weighted by Gasteiger charge is -2.17. The Morgan fingerprint density at radius 2 is 1.74 bits per heavy atom. The van der Waals surface area contributed by atoms with E-state index >= 15 is 0 Å². The third-order valence-electron chi connectivity index (χ3n) is 2.38. The Balaban J connectivity index is 0.000000711. The second kappa shape index (κ2) is 8.76. The van der Waals surface area contributed by atoms with Crippen LogP contribution in [0.2, 0.25) is 0 Å². The van der Waals surface area contributed by atoms with Crippen molar-refractivity contribution in [3.05, 3.63) is 30.1 Å². The Hall–Kier alpha value is -1.28. The highest BCUT2D eigenvalue weighted by molar-refractivity contribution is 6.50. The van der Waals surface area contributed by atoms with Gasteiger partial charge in [-0.15, -0.1) is 0 Å². The van der Waals surface area contributed by atoms with Gasteiger partial charge in [0.25, 0.3) is 0 Å². The quantitative estimate of drug-likeness (QED) is 0.684. The van der Waals surface area contributed by atoms with Gasteiger partial charge in [-0.05, 0) is 6.92 Å². The van der Waals surface area contributed by atoms with Crippen LogP contribution in [-0.4, -0.2) is 36.3 Å². The maximum atomic E-state index is 8.89. The van der Waals surface area contributed by atoms with Crippen LogP contribution in [0.3, 0.4) is 0 Å². The van der Waals surface area contributed by atoms with Crippen LogP contribution >= 0.6 is 0 Å². The molecule has 0 spiro atoms. The summed E-state index contributed by atoms with van der Waals surface area (Å²) in [6, 6.07) is 5.98. The molecule has 1 heterocycles. The number of carboxylic acids is 1. The van der Waals surface area contributed by atoms with E-state index in [0.29, 0.717) is 0 Å². The van der Waals surface area contributed by atoms with Gasteiger partial charge in [0.15, 0.2) is 11.9 Å². The fourth-order valence-electron chi connectivity index (χ4n) is 1.58. The molecule has 1 aromatic heterocycles. The third-order valence-corrected chi connectivity index (χ3v) is 4.95. The van der Waals surface area contributed by atoms with E-state index in [0.717, 1.165) is 19.0 Å². The molecule has 0 fully saturated rings. The minimum atomic E-state index is -2.74. The summed E-state index contributed by atoms with van der Waals surface area (Å²) in [5.41, 5.74) is 1.13. The summed E-state index contributed by atoms with van der Waals surface area (Å²) >= 11 is 0. The van der Waals surface area contributed by atoms with Gasteiger partial charge in [-0.25, -0.2) is 4.23 Å². The SMILES string of the molecule is CC(=O)[O-].CCc1cccc[n+]1[Si](OC)(OC)OC. The number of rotatable bonds is 5. The molecule has 19 heavy (non-hydrogen) atoms. The van der Waals surface area contributed by atoms with Crippen LogP contribution in [0, 0.1) is 0 Å². The lowest BCUT2D eigenvalue weighted by atomic mass is 10.3. The summed E-state index contributed by atoms with van der Waals surface area (Å²) in [7, 11) is 2.09. The fourth-order valence-corrected chi connectivity index (χ4v) is 3.52. The molecule has 0 radical (unpaired) electrons. The number of carboxylic acid groups (broad SMARTS) is 1. The standard InChI is InChI=1S/C10H18NO3Si.C2H4O2/c1-5-10-8-6-7-9-11(10)15(12-2,13-3)14-4;1-2(3)4/h6-9H,5H2,1-4H3;1H3,(H,3,4)/q+1;/p-1. The molecule has 0 aromatic carbocycles. The number of nitrogens with zero attached hydrogens (tertiary/aromatic N) is 1. The smallest absolute Gasteiger partial charge is 0.550 e. The highest BCUT2D eigenvalue weighted by Gasteiger charge is 2.57. The van der Waals surface area contributed by atoms with Crippen molar-refractivity contribution in [1.82, 2.24) is 0 Å². The average molecular weight is 287 g/mol. The van der Waals surface area contributed by atoms with Gasteiger partial charge in [0.1, 0.15) is 0 Å². The van der Waals surface area contributed by atoms with Crippen LogP contribution in [0.15, 0.2) is 24.4 Å². The Morgan fingerprint density at radius 3 is 2.11 bits per heavy atom. The Morgan fingerprint density at radius 1 is 1.26 bits per heavy atom. The number of carbonyl (C=O) groups excluding carboxylic acids is 1. The van der Waals surface area contributed by atoms with Crippen LogP contribution in [0.5, 0.6) is 0 Å². The van der Waals surface area contributed by atoms with Crippen molar-refractivity contribution < 1.29 is 27.4 Å².